The first-order valence-corrected chi connectivity index (χ1v) is 6.05. The fraction of sp³-hybridized carbons (Fsp3) is 0.538. The third kappa shape index (κ3) is 3.44. The van der Waals surface area contributed by atoms with E-state index >= 15 is 0 Å². The molecule has 0 spiro atoms. The average Bonchev–Trinajstić information content (AvgIpc) is 2.35. The largest absolute Gasteiger partial charge is 0.373 e. The number of carbonyl (C=O) groups excluding carboxylic acids is 1. The number of hydrogen-bond donors (Lipinski definition) is 1. The fourth-order valence-corrected chi connectivity index (χ4v) is 1.67. The molecule has 0 radical (unpaired) electrons. The van der Waals surface area contributed by atoms with Crippen LogP contribution in [0.5, 0.6) is 0 Å². The number of nitrogens with zero attached hydrogens (tertiary/aromatic N) is 2. The van der Waals surface area contributed by atoms with E-state index in [0.29, 0.717) is 5.56 Å². The minimum absolute atomic E-state index is 0.0528. The number of amides is 1. The summed E-state index contributed by atoms with van der Waals surface area (Å²) in [6.07, 6.45) is 2.59. The van der Waals surface area contributed by atoms with Crippen molar-refractivity contribution in [2.75, 3.05) is 18.9 Å². The van der Waals surface area contributed by atoms with E-state index in [1.54, 1.807) is 13.2 Å². The first-order valence-electron chi connectivity index (χ1n) is 6.05. The molecule has 17 heavy (non-hydrogen) atoms. The van der Waals surface area contributed by atoms with Crippen molar-refractivity contribution in [2.24, 2.45) is 0 Å². The Bertz CT molecular complexity index is 359. The lowest BCUT2D eigenvalue weighted by Gasteiger charge is -2.26. The Morgan fingerprint density at radius 3 is 2.59 bits per heavy atom. The molecule has 1 N–H and O–H groups in total. The minimum Gasteiger partial charge on any atom is -0.373 e. The fourth-order valence-electron chi connectivity index (χ4n) is 1.67. The van der Waals surface area contributed by atoms with Crippen LogP contribution in [0, 0.1) is 0 Å². The van der Waals surface area contributed by atoms with Gasteiger partial charge in [-0.3, -0.25) is 4.79 Å². The molecule has 0 saturated heterocycles. The number of hydrogen-bond acceptors (Lipinski definition) is 3. The number of anilines is 1. The summed E-state index contributed by atoms with van der Waals surface area (Å²) in [4.78, 5) is 18.3. The molecule has 0 unspecified atom stereocenters. The van der Waals surface area contributed by atoms with Crippen LogP contribution in [0.4, 0.5) is 5.82 Å². The van der Waals surface area contributed by atoms with Crippen molar-refractivity contribution in [3.05, 3.63) is 23.9 Å². The lowest BCUT2D eigenvalue weighted by molar-refractivity contribution is 0.0705. The summed E-state index contributed by atoms with van der Waals surface area (Å²) in [5.41, 5.74) is 0.645. The van der Waals surface area contributed by atoms with E-state index in [0.717, 1.165) is 18.8 Å². The standard InChI is InChI=1S/C13H21N3O/c1-5-8-16(10(2)3)13(17)11-6-7-12(14-4)15-9-11/h6-7,9-10H,5,8H2,1-4H3,(H,14,15). The molecule has 0 fully saturated rings. The molecule has 1 rings (SSSR count). The van der Waals surface area contributed by atoms with Gasteiger partial charge in [-0.15, -0.1) is 0 Å². The highest BCUT2D eigenvalue weighted by Crippen LogP contribution is 2.10. The molecule has 1 amide bonds. The van der Waals surface area contributed by atoms with Crippen molar-refractivity contribution < 1.29 is 4.79 Å². The maximum absolute atomic E-state index is 12.2. The summed E-state index contributed by atoms with van der Waals surface area (Å²) in [6.45, 7) is 6.92. The van der Waals surface area contributed by atoms with Crippen molar-refractivity contribution in [2.45, 2.75) is 33.2 Å². The van der Waals surface area contributed by atoms with Crippen LogP contribution >= 0.6 is 0 Å². The number of carbonyl (C=O) groups is 1. The van der Waals surface area contributed by atoms with E-state index in [9.17, 15) is 4.79 Å². The Balaban J connectivity index is 2.85. The second-order valence-corrected chi connectivity index (χ2v) is 4.27. The molecule has 4 heteroatoms. The van der Waals surface area contributed by atoms with Crippen molar-refractivity contribution in [1.29, 1.82) is 0 Å². The molecule has 0 aromatic carbocycles. The summed E-state index contributed by atoms with van der Waals surface area (Å²) in [5.74, 6) is 0.824. The lowest BCUT2D eigenvalue weighted by Crippen LogP contribution is -2.37. The summed E-state index contributed by atoms with van der Waals surface area (Å²) in [5, 5.41) is 2.93. The molecule has 4 nitrogen and oxygen atoms in total. The van der Waals surface area contributed by atoms with E-state index in [-0.39, 0.29) is 11.9 Å². The van der Waals surface area contributed by atoms with Crippen LogP contribution in [0.25, 0.3) is 0 Å². The first-order chi connectivity index (χ1) is 8.10. The molecule has 0 bridgehead atoms. The maximum Gasteiger partial charge on any atom is 0.255 e. The van der Waals surface area contributed by atoms with Crippen LogP contribution in [0.1, 0.15) is 37.6 Å². The molecule has 0 aliphatic carbocycles. The Hall–Kier alpha value is -1.58. The molecular formula is C13H21N3O. The quantitative estimate of drug-likeness (QED) is 0.852. The monoisotopic (exact) mass is 235 g/mol. The molecule has 0 saturated carbocycles. The van der Waals surface area contributed by atoms with Gasteiger partial charge in [0.1, 0.15) is 5.82 Å². The van der Waals surface area contributed by atoms with Crippen LogP contribution in [0.15, 0.2) is 18.3 Å². The van der Waals surface area contributed by atoms with Crippen molar-refractivity contribution >= 4 is 11.7 Å². The van der Waals surface area contributed by atoms with E-state index in [4.69, 9.17) is 0 Å². The van der Waals surface area contributed by atoms with Gasteiger partial charge < -0.3 is 10.2 Å². The number of nitrogens with one attached hydrogen (secondary N) is 1. The first kappa shape index (κ1) is 13.5. The van der Waals surface area contributed by atoms with E-state index in [1.165, 1.54) is 0 Å². The van der Waals surface area contributed by atoms with Gasteiger partial charge in [-0.1, -0.05) is 6.92 Å². The zero-order chi connectivity index (χ0) is 12.8. The van der Waals surface area contributed by atoms with E-state index in [1.807, 2.05) is 30.9 Å². The van der Waals surface area contributed by atoms with E-state index < -0.39 is 0 Å². The van der Waals surface area contributed by atoms with Crippen LogP contribution in [-0.4, -0.2) is 35.4 Å². The van der Waals surface area contributed by atoms with Gasteiger partial charge in [0.15, 0.2) is 0 Å². The normalized spacial score (nSPS) is 10.4. The summed E-state index contributed by atoms with van der Waals surface area (Å²) in [7, 11) is 1.81. The van der Waals surface area contributed by atoms with Crippen molar-refractivity contribution in [3.63, 3.8) is 0 Å². The highest BCUT2D eigenvalue weighted by atomic mass is 16.2. The predicted molar refractivity (Wildman–Crippen MR) is 70.2 cm³/mol. The molecule has 0 aliphatic rings. The topological polar surface area (TPSA) is 45.2 Å². The van der Waals surface area contributed by atoms with E-state index in [2.05, 4.69) is 17.2 Å². The van der Waals surface area contributed by atoms with Crippen molar-refractivity contribution in [1.82, 2.24) is 9.88 Å². The Kier molecular flexibility index (Phi) is 4.94. The number of aromatic nitrogens is 1. The number of rotatable bonds is 5. The molecule has 0 aliphatic heterocycles. The third-order valence-electron chi connectivity index (χ3n) is 2.62. The predicted octanol–water partition coefficient (Wildman–Crippen LogP) is 2.38. The van der Waals surface area contributed by atoms with Gasteiger partial charge in [-0.25, -0.2) is 4.98 Å². The van der Waals surface area contributed by atoms with Gasteiger partial charge in [0.05, 0.1) is 5.56 Å². The van der Waals surface area contributed by atoms with Gasteiger partial charge >= 0.3 is 0 Å². The molecular weight excluding hydrogens is 214 g/mol. The van der Waals surface area contributed by atoms with Gasteiger partial charge in [0.25, 0.3) is 5.91 Å². The summed E-state index contributed by atoms with van der Waals surface area (Å²) >= 11 is 0. The Labute approximate surface area is 103 Å². The van der Waals surface area contributed by atoms with Crippen LogP contribution < -0.4 is 5.32 Å². The average molecular weight is 235 g/mol. The van der Waals surface area contributed by atoms with Crippen LogP contribution in [0.2, 0.25) is 0 Å². The highest BCUT2D eigenvalue weighted by molar-refractivity contribution is 5.94. The molecule has 94 valence electrons. The number of pyridine rings is 1. The minimum atomic E-state index is 0.0528. The SMILES string of the molecule is CCCN(C(=O)c1ccc(NC)nc1)C(C)C. The molecule has 1 aromatic rings. The highest BCUT2D eigenvalue weighted by Gasteiger charge is 2.17. The van der Waals surface area contributed by atoms with Crippen LogP contribution in [0.3, 0.4) is 0 Å². The third-order valence-corrected chi connectivity index (χ3v) is 2.62. The van der Waals surface area contributed by atoms with Crippen molar-refractivity contribution in [3.8, 4) is 0 Å². The molecule has 1 aromatic heterocycles. The van der Waals surface area contributed by atoms with Gasteiger partial charge in [-0.2, -0.15) is 0 Å². The van der Waals surface area contributed by atoms with Gasteiger partial charge in [-0.05, 0) is 32.4 Å². The molecule has 0 atom stereocenters. The van der Waals surface area contributed by atoms with Gasteiger partial charge in [0, 0.05) is 25.8 Å². The Morgan fingerprint density at radius 1 is 1.47 bits per heavy atom. The zero-order valence-electron chi connectivity index (χ0n) is 11.0. The lowest BCUT2D eigenvalue weighted by atomic mass is 10.2. The Morgan fingerprint density at radius 2 is 2.18 bits per heavy atom. The smallest absolute Gasteiger partial charge is 0.255 e. The second-order valence-electron chi connectivity index (χ2n) is 4.27. The summed E-state index contributed by atoms with van der Waals surface area (Å²) < 4.78 is 0. The van der Waals surface area contributed by atoms with Crippen LogP contribution in [-0.2, 0) is 0 Å². The van der Waals surface area contributed by atoms with Gasteiger partial charge in [0.2, 0.25) is 0 Å². The maximum atomic E-state index is 12.2. The second kappa shape index (κ2) is 6.23. The molecule has 1 heterocycles. The summed E-state index contributed by atoms with van der Waals surface area (Å²) in [6, 6.07) is 3.84. The zero-order valence-corrected chi connectivity index (χ0v) is 11.0.